The lowest BCUT2D eigenvalue weighted by molar-refractivity contribution is 0.244. The van der Waals surface area contributed by atoms with E-state index in [1.165, 1.54) is 0 Å². The van der Waals surface area contributed by atoms with E-state index in [9.17, 15) is 4.79 Å². The van der Waals surface area contributed by atoms with Crippen molar-refractivity contribution >= 4 is 17.4 Å². The first kappa shape index (κ1) is 12.3. The second-order valence-corrected chi connectivity index (χ2v) is 5.14. The summed E-state index contributed by atoms with van der Waals surface area (Å²) in [4.78, 5) is 14.1. The molecule has 0 spiro atoms. The predicted molar refractivity (Wildman–Crippen MR) is 76.7 cm³/mol. The largest absolute Gasteiger partial charge is 0.382 e. The molecule has 102 valence electrons. The second-order valence-electron chi connectivity index (χ2n) is 5.14. The van der Waals surface area contributed by atoms with Crippen molar-refractivity contribution in [3.8, 4) is 0 Å². The number of carbonyl (C=O) groups excluding carboxylic acids is 1. The third kappa shape index (κ3) is 2.66. The Kier molecular flexibility index (Phi) is 3.55. The normalized spacial score (nSPS) is 21.7. The van der Waals surface area contributed by atoms with Gasteiger partial charge in [0.1, 0.15) is 0 Å². The summed E-state index contributed by atoms with van der Waals surface area (Å²) in [6, 6.07) is 7.96. The maximum absolute atomic E-state index is 12.3. The highest BCUT2D eigenvalue weighted by Gasteiger charge is 2.23. The van der Waals surface area contributed by atoms with Crippen molar-refractivity contribution in [3.63, 3.8) is 0 Å². The number of amides is 2. The molecule has 1 aromatic carbocycles. The summed E-state index contributed by atoms with van der Waals surface area (Å²) in [5.41, 5.74) is 2.00. The van der Waals surface area contributed by atoms with Gasteiger partial charge in [-0.2, -0.15) is 0 Å². The number of para-hydroxylation sites is 2. The number of urea groups is 1. The molecule has 19 heavy (non-hydrogen) atoms. The number of rotatable bonds is 2. The zero-order valence-corrected chi connectivity index (χ0v) is 11.0. The first-order chi connectivity index (χ1) is 9.34. The van der Waals surface area contributed by atoms with Crippen LogP contribution in [0.5, 0.6) is 0 Å². The van der Waals surface area contributed by atoms with E-state index in [0.29, 0.717) is 12.5 Å². The minimum atomic E-state index is 0.0147. The standard InChI is InChI=1S/C14H20N4O/c19-14(17-10-11-5-6-15-9-11)18-8-7-16-12-3-1-2-4-13(12)18/h1-4,11,15-16H,5-10H2,(H,17,19). The van der Waals surface area contributed by atoms with Gasteiger partial charge >= 0.3 is 6.03 Å². The third-order valence-electron chi connectivity index (χ3n) is 3.80. The number of hydrogen-bond acceptors (Lipinski definition) is 3. The Morgan fingerprint density at radius 2 is 2.26 bits per heavy atom. The van der Waals surface area contributed by atoms with E-state index in [-0.39, 0.29) is 6.03 Å². The van der Waals surface area contributed by atoms with Crippen molar-refractivity contribution in [2.24, 2.45) is 5.92 Å². The zero-order valence-electron chi connectivity index (χ0n) is 11.0. The highest BCUT2D eigenvalue weighted by atomic mass is 16.2. The summed E-state index contributed by atoms with van der Waals surface area (Å²) in [7, 11) is 0. The van der Waals surface area contributed by atoms with E-state index in [2.05, 4.69) is 16.0 Å². The zero-order chi connectivity index (χ0) is 13.1. The van der Waals surface area contributed by atoms with Crippen LogP contribution in [0.1, 0.15) is 6.42 Å². The summed E-state index contributed by atoms with van der Waals surface area (Å²) >= 11 is 0. The minimum Gasteiger partial charge on any atom is -0.382 e. The van der Waals surface area contributed by atoms with Crippen molar-refractivity contribution < 1.29 is 4.79 Å². The maximum Gasteiger partial charge on any atom is 0.322 e. The Morgan fingerprint density at radius 1 is 1.37 bits per heavy atom. The van der Waals surface area contributed by atoms with E-state index in [0.717, 1.165) is 44.0 Å². The molecule has 2 heterocycles. The summed E-state index contributed by atoms with van der Waals surface area (Å²) < 4.78 is 0. The van der Waals surface area contributed by atoms with Gasteiger partial charge in [0.25, 0.3) is 0 Å². The van der Waals surface area contributed by atoms with Crippen LogP contribution < -0.4 is 20.9 Å². The van der Waals surface area contributed by atoms with Gasteiger partial charge in [0.05, 0.1) is 11.4 Å². The van der Waals surface area contributed by atoms with Gasteiger partial charge in [-0.1, -0.05) is 12.1 Å². The lowest BCUT2D eigenvalue weighted by Gasteiger charge is -2.30. The van der Waals surface area contributed by atoms with Gasteiger partial charge in [-0.25, -0.2) is 4.79 Å². The third-order valence-corrected chi connectivity index (χ3v) is 3.80. The lowest BCUT2D eigenvalue weighted by atomic mass is 10.1. The summed E-state index contributed by atoms with van der Waals surface area (Å²) in [6.45, 7) is 4.36. The van der Waals surface area contributed by atoms with Gasteiger partial charge in [-0.15, -0.1) is 0 Å². The van der Waals surface area contributed by atoms with Crippen molar-refractivity contribution in [1.29, 1.82) is 0 Å². The molecule has 3 rings (SSSR count). The number of hydrogen-bond donors (Lipinski definition) is 3. The van der Waals surface area contributed by atoms with Crippen LogP contribution in [0.2, 0.25) is 0 Å². The molecule has 1 unspecified atom stereocenters. The molecule has 1 fully saturated rings. The van der Waals surface area contributed by atoms with Crippen LogP contribution in [0.25, 0.3) is 0 Å². The molecule has 2 amide bonds. The number of nitrogens with zero attached hydrogens (tertiary/aromatic N) is 1. The Hall–Kier alpha value is -1.75. The van der Waals surface area contributed by atoms with Crippen LogP contribution in [0.4, 0.5) is 16.2 Å². The number of carbonyl (C=O) groups is 1. The fourth-order valence-corrected chi connectivity index (χ4v) is 2.71. The van der Waals surface area contributed by atoms with Gasteiger partial charge in [0.2, 0.25) is 0 Å². The molecule has 0 bridgehead atoms. The van der Waals surface area contributed by atoms with Crippen molar-refractivity contribution in [2.75, 3.05) is 42.9 Å². The average molecular weight is 260 g/mol. The van der Waals surface area contributed by atoms with Gasteiger partial charge in [0, 0.05) is 19.6 Å². The molecule has 1 saturated heterocycles. The Bertz CT molecular complexity index is 457. The van der Waals surface area contributed by atoms with E-state index >= 15 is 0 Å². The van der Waals surface area contributed by atoms with Crippen LogP contribution in [-0.2, 0) is 0 Å². The highest BCUT2D eigenvalue weighted by molar-refractivity contribution is 5.96. The fraction of sp³-hybridized carbons (Fsp3) is 0.500. The molecular formula is C14H20N4O. The molecule has 0 saturated carbocycles. The Labute approximate surface area is 113 Å². The van der Waals surface area contributed by atoms with Crippen molar-refractivity contribution in [2.45, 2.75) is 6.42 Å². The topological polar surface area (TPSA) is 56.4 Å². The van der Waals surface area contributed by atoms with Crippen molar-refractivity contribution in [1.82, 2.24) is 10.6 Å². The first-order valence-corrected chi connectivity index (χ1v) is 6.93. The van der Waals surface area contributed by atoms with E-state index in [1.54, 1.807) is 0 Å². The summed E-state index contributed by atoms with van der Waals surface area (Å²) in [5, 5.41) is 9.68. The molecule has 0 aromatic heterocycles. The molecule has 5 heteroatoms. The van der Waals surface area contributed by atoms with E-state index < -0.39 is 0 Å². The fourth-order valence-electron chi connectivity index (χ4n) is 2.71. The van der Waals surface area contributed by atoms with E-state index in [1.807, 2.05) is 29.2 Å². The highest BCUT2D eigenvalue weighted by Crippen LogP contribution is 2.28. The molecule has 0 aliphatic carbocycles. The Morgan fingerprint density at radius 3 is 3.11 bits per heavy atom. The number of anilines is 2. The molecule has 2 aliphatic rings. The Balaban J connectivity index is 1.64. The molecule has 3 N–H and O–H groups in total. The molecule has 2 aliphatic heterocycles. The van der Waals surface area contributed by atoms with Gasteiger partial charge in [0.15, 0.2) is 0 Å². The molecular weight excluding hydrogens is 240 g/mol. The molecule has 1 aromatic rings. The number of fused-ring (bicyclic) bond motifs is 1. The van der Waals surface area contributed by atoms with Crippen LogP contribution in [0.3, 0.4) is 0 Å². The molecule has 0 radical (unpaired) electrons. The molecule has 5 nitrogen and oxygen atoms in total. The van der Waals surface area contributed by atoms with Gasteiger partial charge < -0.3 is 16.0 Å². The van der Waals surface area contributed by atoms with Crippen LogP contribution in [0, 0.1) is 5.92 Å². The number of benzene rings is 1. The summed E-state index contributed by atoms with van der Waals surface area (Å²) in [5.74, 6) is 0.571. The van der Waals surface area contributed by atoms with Crippen molar-refractivity contribution in [3.05, 3.63) is 24.3 Å². The first-order valence-electron chi connectivity index (χ1n) is 6.93. The second kappa shape index (κ2) is 5.48. The summed E-state index contributed by atoms with van der Waals surface area (Å²) in [6.07, 6.45) is 1.15. The van der Waals surface area contributed by atoms with Crippen LogP contribution >= 0.6 is 0 Å². The quantitative estimate of drug-likeness (QED) is 0.750. The minimum absolute atomic E-state index is 0.0147. The van der Waals surface area contributed by atoms with Gasteiger partial charge in [-0.05, 0) is 37.6 Å². The predicted octanol–water partition coefficient (Wildman–Crippen LogP) is 1.24. The van der Waals surface area contributed by atoms with E-state index in [4.69, 9.17) is 0 Å². The monoisotopic (exact) mass is 260 g/mol. The number of nitrogens with one attached hydrogen (secondary N) is 3. The average Bonchev–Trinajstić information content (AvgIpc) is 2.97. The lowest BCUT2D eigenvalue weighted by Crippen LogP contribution is -2.46. The molecule has 1 atom stereocenters. The van der Waals surface area contributed by atoms with Crippen LogP contribution in [0.15, 0.2) is 24.3 Å². The SMILES string of the molecule is O=C(NCC1CCNC1)N1CCNc2ccccc21. The van der Waals surface area contributed by atoms with Gasteiger partial charge in [-0.3, -0.25) is 4.90 Å². The van der Waals surface area contributed by atoms with Crippen LogP contribution in [-0.4, -0.2) is 38.8 Å². The smallest absolute Gasteiger partial charge is 0.322 e. The maximum atomic E-state index is 12.3.